The Morgan fingerprint density at radius 1 is 1.36 bits per heavy atom. The van der Waals surface area contributed by atoms with Gasteiger partial charge in [0, 0.05) is 17.5 Å². The smallest absolute Gasteiger partial charge is 0.287 e. The van der Waals surface area contributed by atoms with E-state index in [9.17, 15) is 9.90 Å². The molecule has 0 saturated heterocycles. The Bertz CT molecular complexity index is 689. The SMILES string of the molecule is Cc1c(C(=O)NCC2CCCC(O)C2)oc2c(C)cccc12. The van der Waals surface area contributed by atoms with E-state index < -0.39 is 0 Å². The third-order valence-electron chi connectivity index (χ3n) is 4.67. The van der Waals surface area contributed by atoms with Gasteiger partial charge in [0.1, 0.15) is 5.58 Å². The summed E-state index contributed by atoms with van der Waals surface area (Å²) in [5, 5.41) is 13.7. The van der Waals surface area contributed by atoms with Crippen molar-refractivity contribution in [2.75, 3.05) is 6.54 Å². The van der Waals surface area contributed by atoms with Crippen LogP contribution < -0.4 is 5.32 Å². The Morgan fingerprint density at radius 3 is 2.91 bits per heavy atom. The van der Waals surface area contributed by atoms with Crippen molar-refractivity contribution in [3.05, 3.63) is 35.1 Å². The lowest BCUT2D eigenvalue weighted by atomic mass is 9.87. The molecule has 0 aliphatic heterocycles. The summed E-state index contributed by atoms with van der Waals surface area (Å²) >= 11 is 0. The van der Waals surface area contributed by atoms with Gasteiger partial charge in [0.25, 0.3) is 5.91 Å². The Balaban J connectivity index is 1.72. The standard InChI is InChI=1S/C18H23NO3/c1-11-5-3-8-15-12(2)17(22-16(11)15)18(21)19-10-13-6-4-7-14(20)9-13/h3,5,8,13-14,20H,4,6-7,9-10H2,1-2H3,(H,19,21). The first-order chi connectivity index (χ1) is 10.6. The van der Waals surface area contributed by atoms with Crippen molar-refractivity contribution in [3.8, 4) is 0 Å². The van der Waals surface area contributed by atoms with Crippen LogP contribution in [0.2, 0.25) is 0 Å². The van der Waals surface area contributed by atoms with Crippen molar-refractivity contribution in [2.24, 2.45) is 5.92 Å². The Labute approximate surface area is 130 Å². The molecule has 1 aromatic heterocycles. The van der Waals surface area contributed by atoms with Crippen LogP contribution in [0.5, 0.6) is 0 Å². The first-order valence-corrected chi connectivity index (χ1v) is 8.01. The van der Waals surface area contributed by atoms with E-state index in [-0.39, 0.29) is 12.0 Å². The van der Waals surface area contributed by atoms with Gasteiger partial charge in [-0.2, -0.15) is 0 Å². The lowest BCUT2D eigenvalue weighted by molar-refractivity contribution is 0.0854. The Morgan fingerprint density at radius 2 is 2.18 bits per heavy atom. The highest BCUT2D eigenvalue weighted by Gasteiger charge is 2.23. The minimum Gasteiger partial charge on any atom is -0.450 e. The number of hydrogen-bond acceptors (Lipinski definition) is 3. The lowest BCUT2D eigenvalue weighted by Crippen LogP contribution is -2.33. The molecule has 1 fully saturated rings. The molecule has 1 heterocycles. The summed E-state index contributed by atoms with van der Waals surface area (Å²) in [6, 6.07) is 5.94. The summed E-state index contributed by atoms with van der Waals surface area (Å²) in [6.07, 6.45) is 3.54. The highest BCUT2D eigenvalue weighted by atomic mass is 16.3. The van der Waals surface area contributed by atoms with E-state index in [0.717, 1.165) is 47.8 Å². The molecule has 1 aromatic carbocycles. The normalized spacial score (nSPS) is 22.0. The van der Waals surface area contributed by atoms with E-state index in [1.165, 1.54) is 0 Å². The number of amides is 1. The third-order valence-corrected chi connectivity index (χ3v) is 4.67. The van der Waals surface area contributed by atoms with Crippen molar-refractivity contribution < 1.29 is 14.3 Å². The van der Waals surface area contributed by atoms with Gasteiger partial charge in [-0.15, -0.1) is 0 Å². The zero-order valence-corrected chi connectivity index (χ0v) is 13.2. The van der Waals surface area contributed by atoms with Gasteiger partial charge in [0.2, 0.25) is 0 Å². The third kappa shape index (κ3) is 2.88. The summed E-state index contributed by atoms with van der Waals surface area (Å²) in [5.74, 6) is 0.605. The van der Waals surface area contributed by atoms with Crippen LogP contribution in [0.1, 0.15) is 47.4 Å². The van der Waals surface area contributed by atoms with Gasteiger partial charge in [-0.1, -0.05) is 24.6 Å². The summed E-state index contributed by atoms with van der Waals surface area (Å²) < 4.78 is 5.79. The Kier molecular flexibility index (Phi) is 4.21. The minimum atomic E-state index is -0.216. The van der Waals surface area contributed by atoms with Crippen LogP contribution in [0, 0.1) is 19.8 Å². The second-order valence-corrected chi connectivity index (χ2v) is 6.40. The van der Waals surface area contributed by atoms with E-state index >= 15 is 0 Å². The summed E-state index contributed by atoms with van der Waals surface area (Å²) in [6.45, 7) is 4.51. The molecule has 1 aliphatic carbocycles. The average molecular weight is 301 g/mol. The summed E-state index contributed by atoms with van der Waals surface area (Å²) in [5.41, 5.74) is 2.72. The molecule has 4 nitrogen and oxygen atoms in total. The number of aryl methyl sites for hydroxylation is 2. The molecule has 2 aromatic rings. The molecule has 0 spiro atoms. The Hall–Kier alpha value is -1.81. The highest BCUT2D eigenvalue weighted by molar-refractivity contribution is 5.99. The van der Waals surface area contributed by atoms with Crippen LogP contribution >= 0.6 is 0 Å². The van der Waals surface area contributed by atoms with Crippen molar-refractivity contribution in [2.45, 2.75) is 45.6 Å². The molecule has 2 atom stereocenters. The fraction of sp³-hybridized carbons (Fsp3) is 0.500. The van der Waals surface area contributed by atoms with Crippen molar-refractivity contribution in [1.29, 1.82) is 0 Å². The second kappa shape index (κ2) is 6.13. The van der Waals surface area contributed by atoms with Gasteiger partial charge >= 0.3 is 0 Å². The predicted molar refractivity (Wildman–Crippen MR) is 86.0 cm³/mol. The van der Waals surface area contributed by atoms with Crippen LogP contribution in [0.3, 0.4) is 0 Å². The topological polar surface area (TPSA) is 62.5 Å². The van der Waals surface area contributed by atoms with Crippen LogP contribution in [-0.4, -0.2) is 23.7 Å². The van der Waals surface area contributed by atoms with E-state index in [2.05, 4.69) is 5.32 Å². The van der Waals surface area contributed by atoms with Gasteiger partial charge in [0.05, 0.1) is 6.10 Å². The molecule has 2 N–H and O–H groups in total. The number of aliphatic hydroxyl groups excluding tert-OH is 1. The van der Waals surface area contributed by atoms with E-state index in [0.29, 0.717) is 18.2 Å². The maximum absolute atomic E-state index is 12.4. The van der Waals surface area contributed by atoms with Gasteiger partial charge in [-0.05, 0) is 44.6 Å². The van der Waals surface area contributed by atoms with Gasteiger partial charge in [-0.25, -0.2) is 0 Å². The highest BCUT2D eigenvalue weighted by Crippen LogP contribution is 2.28. The molecule has 3 rings (SSSR count). The monoisotopic (exact) mass is 301 g/mol. The molecule has 118 valence electrons. The molecular formula is C18H23NO3. The number of rotatable bonds is 3. The number of hydrogen-bond donors (Lipinski definition) is 2. The van der Waals surface area contributed by atoms with Gasteiger partial charge in [-0.3, -0.25) is 4.79 Å². The van der Waals surface area contributed by atoms with Crippen molar-refractivity contribution in [3.63, 3.8) is 0 Å². The number of carbonyl (C=O) groups excluding carboxylic acids is 1. The lowest BCUT2D eigenvalue weighted by Gasteiger charge is -2.25. The van der Waals surface area contributed by atoms with Gasteiger partial charge in [0.15, 0.2) is 5.76 Å². The molecule has 1 amide bonds. The largest absolute Gasteiger partial charge is 0.450 e. The zero-order valence-electron chi connectivity index (χ0n) is 13.2. The molecule has 0 bridgehead atoms. The fourth-order valence-corrected chi connectivity index (χ4v) is 3.37. The minimum absolute atomic E-state index is 0.159. The number of fused-ring (bicyclic) bond motifs is 1. The van der Waals surface area contributed by atoms with Crippen molar-refractivity contribution in [1.82, 2.24) is 5.32 Å². The number of benzene rings is 1. The number of para-hydroxylation sites is 1. The quantitative estimate of drug-likeness (QED) is 0.914. The molecule has 2 unspecified atom stereocenters. The van der Waals surface area contributed by atoms with E-state index in [4.69, 9.17) is 4.42 Å². The van der Waals surface area contributed by atoms with Crippen LogP contribution in [0.4, 0.5) is 0 Å². The first kappa shape index (κ1) is 15.1. The fourth-order valence-electron chi connectivity index (χ4n) is 3.37. The average Bonchev–Trinajstić information content (AvgIpc) is 2.84. The summed E-state index contributed by atoms with van der Waals surface area (Å²) in [4.78, 5) is 12.4. The number of furan rings is 1. The molecule has 22 heavy (non-hydrogen) atoms. The predicted octanol–water partition coefficient (Wildman–Crippen LogP) is 3.33. The van der Waals surface area contributed by atoms with E-state index in [1.807, 2.05) is 32.0 Å². The molecule has 4 heteroatoms. The van der Waals surface area contributed by atoms with Crippen molar-refractivity contribution >= 4 is 16.9 Å². The molecular weight excluding hydrogens is 278 g/mol. The van der Waals surface area contributed by atoms with Gasteiger partial charge < -0.3 is 14.8 Å². The maximum Gasteiger partial charge on any atom is 0.287 e. The van der Waals surface area contributed by atoms with E-state index in [1.54, 1.807) is 0 Å². The number of carbonyl (C=O) groups is 1. The summed E-state index contributed by atoms with van der Waals surface area (Å²) in [7, 11) is 0. The maximum atomic E-state index is 12.4. The molecule has 0 radical (unpaired) electrons. The molecule has 1 aliphatic rings. The molecule has 1 saturated carbocycles. The van der Waals surface area contributed by atoms with Crippen LogP contribution in [0.15, 0.2) is 22.6 Å². The zero-order chi connectivity index (χ0) is 15.7. The van der Waals surface area contributed by atoms with Crippen LogP contribution in [-0.2, 0) is 0 Å². The van der Waals surface area contributed by atoms with Crippen LogP contribution in [0.25, 0.3) is 11.0 Å². The first-order valence-electron chi connectivity index (χ1n) is 8.01. The number of aliphatic hydroxyl groups is 1. The number of nitrogens with one attached hydrogen (secondary N) is 1. The second-order valence-electron chi connectivity index (χ2n) is 6.40.